The number of carbonyl (C=O) groups excluding carboxylic acids is 2. The number of hydrogen-bond acceptors (Lipinski definition) is 5. The van der Waals surface area contributed by atoms with Crippen LogP contribution in [0.15, 0.2) is 109 Å². The van der Waals surface area contributed by atoms with E-state index in [0.29, 0.717) is 34.3 Å². The molecule has 2 amide bonds. The van der Waals surface area contributed by atoms with Crippen LogP contribution in [0, 0.1) is 0 Å². The Morgan fingerprint density at radius 2 is 1.44 bits per heavy atom. The molecule has 0 aliphatic carbocycles. The Morgan fingerprint density at radius 1 is 0.692 bits per heavy atom. The lowest BCUT2D eigenvalue weighted by Gasteiger charge is -2.10. The second-order valence-electron chi connectivity index (χ2n) is 9.02. The van der Waals surface area contributed by atoms with Gasteiger partial charge in [-0.05, 0) is 52.9 Å². The van der Waals surface area contributed by atoms with Crippen LogP contribution in [-0.4, -0.2) is 11.8 Å². The summed E-state index contributed by atoms with van der Waals surface area (Å²) < 4.78 is 8.25. The highest BCUT2D eigenvalue weighted by atomic mass is 32.1. The van der Waals surface area contributed by atoms with Crippen molar-refractivity contribution in [3.63, 3.8) is 0 Å². The molecule has 0 bridgehead atoms. The zero-order chi connectivity index (χ0) is 26.6. The second kappa shape index (κ2) is 11.1. The van der Waals surface area contributed by atoms with Crippen molar-refractivity contribution in [3.8, 4) is 5.75 Å². The van der Waals surface area contributed by atoms with Gasteiger partial charge in [0.25, 0.3) is 11.8 Å². The maximum Gasteiger partial charge on any atom is 0.265 e. The van der Waals surface area contributed by atoms with Crippen LogP contribution in [0.5, 0.6) is 5.75 Å². The normalized spacial score (nSPS) is 11.0. The lowest BCUT2D eigenvalue weighted by molar-refractivity contribution is 0.0950. The predicted octanol–water partition coefficient (Wildman–Crippen LogP) is 7.88. The molecule has 192 valence electrons. The Kier molecular flexibility index (Phi) is 7.08. The van der Waals surface area contributed by atoms with Crippen molar-refractivity contribution in [2.24, 2.45) is 0 Å². The number of carbonyl (C=O) groups is 2. The van der Waals surface area contributed by atoms with E-state index in [1.54, 1.807) is 0 Å². The van der Waals surface area contributed by atoms with Gasteiger partial charge in [0.15, 0.2) is 5.75 Å². The first-order chi connectivity index (χ1) is 19.1. The van der Waals surface area contributed by atoms with E-state index < -0.39 is 0 Å². The summed E-state index contributed by atoms with van der Waals surface area (Å²) in [6.07, 6.45) is 0. The van der Waals surface area contributed by atoms with Gasteiger partial charge in [-0.15, -0.1) is 22.7 Å². The molecule has 0 saturated heterocycles. The first-order valence-corrected chi connectivity index (χ1v) is 14.1. The highest BCUT2D eigenvalue weighted by Gasteiger charge is 2.20. The molecule has 0 unspecified atom stereocenters. The van der Waals surface area contributed by atoms with E-state index in [1.165, 1.54) is 22.7 Å². The average molecular weight is 549 g/mol. The number of hydrogen-bond donors (Lipinski definition) is 2. The lowest BCUT2D eigenvalue weighted by atomic mass is 10.2. The molecule has 0 saturated carbocycles. The van der Waals surface area contributed by atoms with Crippen LogP contribution in [0.3, 0.4) is 0 Å². The Balaban J connectivity index is 1.15. The van der Waals surface area contributed by atoms with Gasteiger partial charge in [-0.3, -0.25) is 9.59 Å². The quantitative estimate of drug-likeness (QED) is 0.203. The van der Waals surface area contributed by atoms with E-state index in [9.17, 15) is 9.59 Å². The van der Waals surface area contributed by atoms with Crippen LogP contribution in [0.25, 0.3) is 20.2 Å². The maximum absolute atomic E-state index is 13.3. The Labute approximate surface area is 233 Å². The second-order valence-corrected chi connectivity index (χ2v) is 11.2. The molecule has 6 aromatic rings. The number of nitrogens with one attached hydrogen (secondary N) is 2. The summed E-state index contributed by atoms with van der Waals surface area (Å²) in [5.41, 5.74) is 2.59. The summed E-state index contributed by atoms with van der Waals surface area (Å²) in [5, 5.41) is 7.98. The van der Waals surface area contributed by atoms with Gasteiger partial charge in [0.05, 0.1) is 4.88 Å². The molecule has 4 aromatic carbocycles. The molecule has 2 aromatic heterocycles. The molecular formula is C32H24N2O3S2. The van der Waals surface area contributed by atoms with E-state index in [0.717, 1.165) is 31.3 Å². The zero-order valence-corrected chi connectivity index (χ0v) is 22.5. The minimum atomic E-state index is -0.195. The molecule has 5 nitrogen and oxygen atoms in total. The van der Waals surface area contributed by atoms with Crippen molar-refractivity contribution < 1.29 is 14.3 Å². The first-order valence-electron chi connectivity index (χ1n) is 12.5. The molecule has 6 rings (SSSR count). The molecule has 39 heavy (non-hydrogen) atoms. The topological polar surface area (TPSA) is 67.4 Å². The number of benzene rings is 4. The van der Waals surface area contributed by atoms with E-state index >= 15 is 0 Å². The molecule has 0 aliphatic heterocycles. The average Bonchev–Trinajstić information content (AvgIpc) is 3.58. The van der Waals surface area contributed by atoms with Gasteiger partial charge in [-0.1, -0.05) is 72.8 Å². The van der Waals surface area contributed by atoms with E-state index in [1.807, 2.05) is 109 Å². The molecule has 0 radical (unpaired) electrons. The van der Waals surface area contributed by atoms with Gasteiger partial charge in [0, 0.05) is 27.0 Å². The number of anilines is 1. The summed E-state index contributed by atoms with van der Waals surface area (Å²) in [4.78, 5) is 27.4. The van der Waals surface area contributed by atoms with Crippen molar-refractivity contribution in [1.29, 1.82) is 0 Å². The van der Waals surface area contributed by atoms with Crippen molar-refractivity contribution in [2.45, 2.75) is 13.2 Å². The van der Waals surface area contributed by atoms with Crippen LogP contribution in [0.4, 0.5) is 5.69 Å². The van der Waals surface area contributed by atoms with Gasteiger partial charge in [-0.25, -0.2) is 0 Å². The van der Waals surface area contributed by atoms with Crippen LogP contribution in [0.2, 0.25) is 0 Å². The van der Waals surface area contributed by atoms with E-state index in [2.05, 4.69) is 10.6 Å². The fourth-order valence-corrected chi connectivity index (χ4v) is 6.37. The molecule has 0 aliphatic rings. The molecule has 0 atom stereocenters. The van der Waals surface area contributed by atoms with Crippen LogP contribution in [-0.2, 0) is 13.2 Å². The number of amides is 2. The number of rotatable bonds is 8. The number of ether oxygens (including phenoxy) is 1. The monoisotopic (exact) mass is 548 g/mol. The fourth-order valence-electron chi connectivity index (χ4n) is 4.35. The molecule has 0 fully saturated rings. The van der Waals surface area contributed by atoms with Crippen LogP contribution < -0.4 is 15.4 Å². The van der Waals surface area contributed by atoms with E-state index in [4.69, 9.17) is 4.74 Å². The molecule has 2 heterocycles. The van der Waals surface area contributed by atoms with Crippen molar-refractivity contribution >= 4 is 60.3 Å². The third-order valence-electron chi connectivity index (χ3n) is 6.27. The highest BCUT2D eigenvalue weighted by Crippen LogP contribution is 2.38. The molecule has 0 spiro atoms. The minimum absolute atomic E-state index is 0.150. The lowest BCUT2D eigenvalue weighted by Crippen LogP contribution is -2.22. The minimum Gasteiger partial charge on any atom is -0.487 e. The standard InChI is InChI=1S/C32H24N2O3S2/c35-31(28-18-23-12-4-6-15-26(23)38-28)34-24-13-8-11-22(17-24)19-33-32(36)30-29(25-14-5-7-16-27(25)39-30)37-20-21-9-2-1-3-10-21/h1-18H,19-20H2,(H,33,36)(H,34,35). The highest BCUT2D eigenvalue weighted by molar-refractivity contribution is 7.21. The van der Waals surface area contributed by atoms with Gasteiger partial charge in [0.1, 0.15) is 11.5 Å². The number of thiophene rings is 2. The predicted molar refractivity (Wildman–Crippen MR) is 160 cm³/mol. The summed E-state index contributed by atoms with van der Waals surface area (Å²) in [6, 6.07) is 35.1. The van der Waals surface area contributed by atoms with E-state index in [-0.39, 0.29) is 11.8 Å². The fraction of sp³-hybridized carbons (Fsp3) is 0.0625. The van der Waals surface area contributed by atoms with Crippen LogP contribution in [0.1, 0.15) is 30.5 Å². The van der Waals surface area contributed by atoms with Crippen molar-refractivity contribution in [1.82, 2.24) is 5.32 Å². The van der Waals surface area contributed by atoms with Crippen molar-refractivity contribution in [3.05, 3.63) is 130 Å². The van der Waals surface area contributed by atoms with Gasteiger partial charge in [-0.2, -0.15) is 0 Å². The third kappa shape index (κ3) is 5.55. The SMILES string of the molecule is O=C(Nc1cccc(CNC(=O)c2sc3ccccc3c2OCc2ccccc2)c1)c1cc2ccccc2s1. The summed E-state index contributed by atoms with van der Waals surface area (Å²) >= 11 is 2.89. The molecule has 7 heteroatoms. The summed E-state index contributed by atoms with van der Waals surface area (Å²) in [7, 11) is 0. The van der Waals surface area contributed by atoms with Crippen LogP contribution >= 0.6 is 22.7 Å². The van der Waals surface area contributed by atoms with Gasteiger partial charge in [0.2, 0.25) is 0 Å². The smallest absolute Gasteiger partial charge is 0.265 e. The Bertz CT molecular complexity index is 1760. The van der Waals surface area contributed by atoms with Crippen molar-refractivity contribution in [2.75, 3.05) is 5.32 Å². The van der Waals surface area contributed by atoms with Gasteiger partial charge < -0.3 is 15.4 Å². The zero-order valence-electron chi connectivity index (χ0n) is 20.8. The summed E-state index contributed by atoms with van der Waals surface area (Å²) in [6.45, 7) is 0.696. The first kappa shape index (κ1) is 24.9. The maximum atomic E-state index is 13.3. The Hall–Kier alpha value is -4.46. The van der Waals surface area contributed by atoms with Gasteiger partial charge >= 0.3 is 0 Å². The molecule has 2 N–H and O–H groups in total. The number of fused-ring (bicyclic) bond motifs is 2. The third-order valence-corrected chi connectivity index (χ3v) is 8.54. The Morgan fingerprint density at radius 3 is 2.28 bits per heavy atom. The summed E-state index contributed by atoms with van der Waals surface area (Å²) in [5.74, 6) is 0.253. The largest absolute Gasteiger partial charge is 0.487 e. The molecular weight excluding hydrogens is 524 g/mol.